The molecule has 2 aromatic rings. The van der Waals surface area contributed by atoms with E-state index in [1.165, 1.54) is 0 Å². The van der Waals surface area contributed by atoms with Gasteiger partial charge in [0.2, 0.25) is 0 Å². The number of benzene rings is 2. The predicted octanol–water partition coefficient (Wildman–Crippen LogP) is 5.89. The van der Waals surface area contributed by atoms with Gasteiger partial charge < -0.3 is 9.47 Å². The first-order chi connectivity index (χ1) is 14.5. The average Bonchev–Trinajstić information content (AvgIpc) is 2.75. The molecule has 0 aromatic heterocycles. The molecule has 0 heterocycles. The van der Waals surface area contributed by atoms with Gasteiger partial charge in [-0.3, -0.25) is 14.4 Å². The minimum Gasteiger partial charge on any atom is -0.427 e. The summed E-state index contributed by atoms with van der Waals surface area (Å²) < 4.78 is 10.6. The highest BCUT2D eigenvalue weighted by atomic mass is 16.5. The van der Waals surface area contributed by atoms with E-state index < -0.39 is 0 Å². The number of ketones is 1. The topological polar surface area (TPSA) is 69.7 Å². The van der Waals surface area contributed by atoms with Gasteiger partial charge in [-0.15, -0.1) is 0 Å². The average molecular weight is 411 g/mol. The molecule has 0 bridgehead atoms. The lowest BCUT2D eigenvalue weighted by Crippen LogP contribution is -2.08. The van der Waals surface area contributed by atoms with Gasteiger partial charge in [0.1, 0.15) is 11.5 Å². The second-order valence-electron chi connectivity index (χ2n) is 7.24. The maximum Gasteiger partial charge on any atom is 0.311 e. The first kappa shape index (κ1) is 23.3. The van der Waals surface area contributed by atoms with Crippen LogP contribution in [0.2, 0.25) is 0 Å². The summed E-state index contributed by atoms with van der Waals surface area (Å²) in [6.07, 6.45) is 6.51. The Balaban J connectivity index is 1.90. The van der Waals surface area contributed by atoms with Crippen molar-refractivity contribution in [3.05, 3.63) is 59.7 Å². The van der Waals surface area contributed by atoms with E-state index in [1.54, 1.807) is 48.5 Å². The fraction of sp³-hybridized carbons (Fsp3) is 0.400. The largest absolute Gasteiger partial charge is 0.427 e. The molecule has 160 valence electrons. The Bertz CT molecular complexity index is 752. The number of carbonyl (C=O) groups excluding carboxylic acids is 3. The smallest absolute Gasteiger partial charge is 0.311 e. The Hall–Kier alpha value is -2.95. The van der Waals surface area contributed by atoms with Crippen molar-refractivity contribution in [3.63, 3.8) is 0 Å². The van der Waals surface area contributed by atoms with Gasteiger partial charge in [-0.05, 0) is 61.4 Å². The number of ether oxygens (including phenoxy) is 2. The molecule has 0 fully saturated rings. The summed E-state index contributed by atoms with van der Waals surface area (Å²) >= 11 is 0. The Morgan fingerprint density at radius 2 is 0.967 bits per heavy atom. The zero-order chi connectivity index (χ0) is 21.8. The summed E-state index contributed by atoms with van der Waals surface area (Å²) in [5, 5.41) is 0. The van der Waals surface area contributed by atoms with Crippen LogP contribution in [0.1, 0.15) is 81.1 Å². The van der Waals surface area contributed by atoms with Crippen molar-refractivity contribution in [3.8, 4) is 11.5 Å². The van der Waals surface area contributed by atoms with Crippen molar-refractivity contribution < 1.29 is 23.9 Å². The van der Waals surface area contributed by atoms with Crippen LogP contribution in [0.4, 0.5) is 0 Å². The van der Waals surface area contributed by atoms with Crippen molar-refractivity contribution >= 4 is 17.7 Å². The molecule has 0 saturated heterocycles. The van der Waals surface area contributed by atoms with Gasteiger partial charge >= 0.3 is 11.9 Å². The van der Waals surface area contributed by atoms with Crippen molar-refractivity contribution in [1.29, 1.82) is 0 Å². The van der Waals surface area contributed by atoms with Crippen LogP contribution in [-0.4, -0.2) is 17.7 Å². The van der Waals surface area contributed by atoms with Gasteiger partial charge in [-0.1, -0.05) is 39.5 Å². The number of hydrogen-bond acceptors (Lipinski definition) is 5. The lowest BCUT2D eigenvalue weighted by Gasteiger charge is -2.07. The van der Waals surface area contributed by atoms with Crippen molar-refractivity contribution in [2.75, 3.05) is 0 Å². The first-order valence-corrected chi connectivity index (χ1v) is 10.7. The Kier molecular flexibility index (Phi) is 9.78. The number of hydrogen-bond donors (Lipinski definition) is 0. The molecule has 5 nitrogen and oxygen atoms in total. The van der Waals surface area contributed by atoms with E-state index in [0.717, 1.165) is 38.5 Å². The monoisotopic (exact) mass is 410 g/mol. The summed E-state index contributed by atoms with van der Waals surface area (Å²) in [5.41, 5.74) is 0.982. The highest BCUT2D eigenvalue weighted by Gasteiger charge is 2.11. The Morgan fingerprint density at radius 3 is 1.30 bits per heavy atom. The van der Waals surface area contributed by atoms with Crippen LogP contribution in [0.15, 0.2) is 48.5 Å². The standard InChI is InChI=1S/C25H30O5/c1-3-5-7-9-23(26)29-21-15-11-19(12-16-21)25(28)20-13-17-22(18-14-20)30-24(27)10-8-6-4-2/h11-18H,3-10H2,1-2H3. The van der Waals surface area contributed by atoms with Gasteiger partial charge in [-0.2, -0.15) is 0 Å². The summed E-state index contributed by atoms with van der Waals surface area (Å²) in [5.74, 6) is 0.179. The zero-order valence-corrected chi connectivity index (χ0v) is 17.8. The van der Waals surface area contributed by atoms with Gasteiger partial charge in [0.25, 0.3) is 0 Å². The Morgan fingerprint density at radius 1 is 0.600 bits per heavy atom. The van der Waals surface area contributed by atoms with Gasteiger partial charge in [-0.25, -0.2) is 0 Å². The molecule has 0 amide bonds. The van der Waals surface area contributed by atoms with Crippen molar-refractivity contribution in [2.24, 2.45) is 0 Å². The summed E-state index contributed by atoms with van der Waals surface area (Å²) in [6.45, 7) is 4.16. The fourth-order valence-corrected chi connectivity index (χ4v) is 2.92. The van der Waals surface area contributed by atoms with Crippen LogP contribution >= 0.6 is 0 Å². The molecule has 0 unspecified atom stereocenters. The molecule has 5 heteroatoms. The lowest BCUT2D eigenvalue weighted by atomic mass is 10.0. The molecule has 0 N–H and O–H groups in total. The quantitative estimate of drug-likeness (QED) is 0.189. The van der Waals surface area contributed by atoms with E-state index in [1.807, 2.05) is 0 Å². The normalized spacial score (nSPS) is 10.5. The molecule has 0 aliphatic heterocycles. The summed E-state index contributed by atoms with van der Waals surface area (Å²) in [4.78, 5) is 36.2. The zero-order valence-electron chi connectivity index (χ0n) is 17.8. The third-order valence-corrected chi connectivity index (χ3v) is 4.67. The molecule has 2 rings (SSSR count). The fourth-order valence-electron chi connectivity index (χ4n) is 2.92. The molecule has 30 heavy (non-hydrogen) atoms. The van der Waals surface area contributed by atoms with E-state index in [0.29, 0.717) is 35.5 Å². The number of esters is 2. The van der Waals surface area contributed by atoms with Crippen LogP contribution in [0.3, 0.4) is 0 Å². The minimum absolute atomic E-state index is 0.156. The molecule has 0 aliphatic rings. The van der Waals surface area contributed by atoms with Gasteiger partial charge in [0.05, 0.1) is 0 Å². The van der Waals surface area contributed by atoms with Crippen LogP contribution in [-0.2, 0) is 9.59 Å². The number of carbonyl (C=O) groups is 3. The van der Waals surface area contributed by atoms with Gasteiger partial charge in [0.15, 0.2) is 5.78 Å². The maximum atomic E-state index is 12.6. The van der Waals surface area contributed by atoms with E-state index in [2.05, 4.69) is 13.8 Å². The highest BCUT2D eigenvalue weighted by Crippen LogP contribution is 2.19. The molecule has 0 spiro atoms. The summed E-state index contributed by atoms with van der Waals surface area (Å²) in [6, 6.07) is 13.0. The summed E-state index contributed by atoms with van der Waals surface area (Å²) in [7, 11) is 0. The lowest BCUT2D eigenvalue weighted by molar-refractivity contribution is -0.135. The first-order valence-electron chi connectivity index (χ1n) is 10.7. The van der Waals surface area contributed by atoms with Crippen LogP contribution < -0.4 is 9.47 Å². The molecule has 0 radical (unpaired) electrons. The Labute approximate surface area is 178 Å². The molecular formula is C25H30O5. The van der Waals surface area contributed by atoms with E-state index in [-0.39, 0.29) is 17.7 Å². The second kappa shape index (κ2) is 12.6. The second-order valence-corrected chi connectivity index (χ2v) is 7.24. The van der Waals surface area contributed by atoms with Crippen LogP contribution in [0.25, 0.3) is 0 Å². The minimum atomic E-state index is -0.262. The van der Waals surface area contributed by atoms with Crippen molar-refractivity contribution in [1.82, 2.24) is 0 Å². The van der Waals surface area contributed by atoms with Gasteiger partial charge in [0, 0.05) is 24.0 Å². The number of unbranched alkanes of at least 4 members (excludes halogenated alkanes) is 4. The predicted molar refractivity (Wildman–Crippen MR) is 116 cm³/mol. The SMILES string of the molecule is CCCCCC(=O)Oc1ccc(C(=O)c2ccc(OC(=O)CCCCC)cc2)cc1. The maximum absolute atomic E-state index is 12.6. The molecule has 0 aliphatic carbocycles. The van der Waals surface area contributed by atoms with E-state index in [9.17, 15) is 14.4 Å². The highest BCUT2D eigenvalue weighted by molar-refractivity contribution is 6.09. The molecule has 0 saturated carbocycles. The van der Waals surface area contributed by atoms with Crippen LogP contribution in [0.5, 0.6) is 11.5 Å². The van der Waals surface area contributed by atoms with Crippen LogP contribution in [0, 0.1) is 0 Å². The molecular weight excluding hydrogens is 380 g/mol. The molecule has 0 atom stereocenters. The molecule has 2 aromatic carbocycles. The van der Waals surface area contributed by atoms with E-state index in [4.69, 9.17) is 9.47 Å². The third kappa shape index (κ3) is 7.82. The van der Waals surface area contributed by atoms with Crippen molar-refractivity contribution in [2.45, 2.75) is 65.2 Å². The number of rotatable bonds is 12. The van der Waals surface area contributed by atoms with E-state index >= 15 is 0 Å². The third-order valence-electron chi connectivity index (χ3n) is 4.67.